The predicted octanol–water partition coefficient (Wildman–Crippen LogP) is 1.99. The Bertz CT molecular complexity index is 1120. The van der Waals surface area contributed by atoms with Gasteiger partial charge in [-0.1, -0.05) is 0 Å². The smallest absolute Gasteiger partial charge is 0.410 e. The SMILES string of the molecule is COc1ncc(F)cc1-c1cnn2ccc(N3CCN(C(=O)O[C@@H]4CCOC4)CC3)nc12. The van der Waals surface area contributed by atoms with Gasteiger partial charge in [0.1, 0.15) is 17.7 Å². The summed E-state index contributed by atoms with van der Waals surface area (Å²) >= 11 is 0. The summed E-state index contributed by atoms with van der Waals surface area (Å²) in [5.41, 5.74) is 1.67. The number of anilines is 1. The second kappa shape index (κ2) is 8.58. The molecule has 0 aromatic carbocycles. The lowest BCUT2D eigenvalue weighted by molar-refractivity contribution is 0.0534. The molecule has 3 aromatic rings. The molecule has 10 nitrogen and oxygen atoms in total. The van der Waals surface area contributed by atoms with Crippen LogP contribution in [0, 0.1) is 5.82 Å². The van der Waals surface area contributed by atoms with Gasteiger partial charge in [0, 0.05) is 38.8 Å². The van der Waals surface area contributed by atoms with E-state index >= 15 is 0 Å². The molecule has 0 unspecified atom stereocenters. The maximum absolute atomic E-state index is 13.9. The van der Waals surface area contributed by atoms with Crippen LogP contribution < -0.4 is 9.64 Å². The van der Waals surface area contributed by atoms with Gasteiger partial charge in [-0.05, 0) is 12.1 Å². The number of carbonyl (C=O) groups is 1. The standard InChI is InChI=1S/C21H23FN6O4/c1-30-20-16(10-14(22)11-23-20)17-12-24-28-4-2-18(25-19(17)28)26-5-7-27(8-6-26)21(29)32-15-3-9-31-13-15/h2,4,10-12,15H,3,5-9,13H2,1H3/t15-/m1/s1. The number of amides is 1. The van der Waals surface area contributed by atoms with Crippen LogP contribution in [0.1, 0.15) is 6.42 Å². The fraction of sp³-hybridized carbons (Fsp3) is 0.429. The van der Waals surface area contributed by atoms with Crippen LogP contribution in [0.4, 0.5) is 15.0 Å². The number of piperazine rings is 1. The minimum Gasteiger partial charge on any atom is -0.481 e. The number of halogens is 1. The van der Waals surface area contributed by atoms with Crippen LogP contribution in [0.5, 0.6) is 5.88 Å². The Balaban J connectivity index is 1.33. The highest BCUT2D eigenvalue weighted by molar-refractivity contribution is 5.80. The average molecular weight is 442 g/mol. The lowest BCUT2D eigenvalue weighted by atomic mass is 10.1. The van der Waals surface area contributed by atoms with E-state index < -0.39 is 5.82 Å². The number of ether oxygens (including phenoxy) is 3. The van der Waals surface area contributed by atoms with Crippen LogP contribution in [0.25, 0.3) is 16.8 Å². The van der Waals surface area contributed by atoms with Crippen molar-refractivity contribution in [3.63, 3.8) is 0 Å². The van der Waals surface area contributed by atoms with Gasteiger partial charge < -0.3 is 24.0 Å². The third kappa shape index (κ3) is 3.91. The molecule has 1 amide bonds. The zero-order valence-corrected chi connectivity index (χ0v) is 17.6. The molecule has 2 fully saturated rings. The molecule has 5 heterocycles. The molecule has 0 spiro atoms. The van der Waals surface area contributed by atoms with Crippen LogP contribution >= 0.6 is 0 Å². The first kappa shape index (κ1) is 20.4. The molecule has 5 rings (SSSR count). The molecular weight excluding hydrogens is 419 g/mol. The van der Waals surface area contributed by atoms with Gasteiger partial charge in [-0.2, -0.15) is 5.10 Å². The molecule has 0 aliphatic carbocycles. The van der Waals surface area contributed by atoms with Crippen molar-refractivity contribution in [3.05, 3.63) is 36.5 Å². The summed E-state index contributed by atoms with van der Waals surface area (Å²) in [6.07, 6.45) is 4.82. The number of hydrogen-bond acceptors (Lipinski definition) is 8. The zero-order valence-electron chi connectivity index (χ0n) is 17.6. The van der Waals surface area contributed by atoms with Crippen molar-refractivity contribution in [2.24, 2.45) is 0 Å². The van der Waals surface area contributed by atoms with Gasteiger partial charge in [0.25, 0.3) is 0 Å². The lowest BCUT2D eigenvalue weighted by Crippen LogP contribution is -2.49. The molecule has 3 aromatic heterocycles. The van der Waals surface area contributed by atoms with Crippen molar-refractivity contribution < 1.29 is 23.4 Å². The number of carbonyl (C=O) groups excluding carboxylic acids is 1. The Morgan fingerprint density at radius 2 is 2.06 bits per heavy atom. The van der Waals surface area contributed by atoms with Crippen molar-refractivity contribution in [2.45, 2.75) is 12.5 Å². The molecule has 0 bridgehead atoms. The van der Waals surface area contributed by atoms with Gasteiger partial charge in [0.05, 0.1) is 43.8 Å². The highest BCUT2D eigenvalue weighted by atomic mass is 19.1. The van der Waals surface area contributed by atoms with E-state index in [0.717, 1.165) is 18.4 Å². The fourth-order valence-corrected chi connectivity index (χ4v) is 3.95. The summed E-state index contributed by atoms with van der Waals surface area (Å²) in [5, 5.41) is 4.32. The second-order valence-corrected chi connectivity index (χ2v) is 7.67. The summed E-state index contributed by atoms with van der Waals surface area (Å²) in [7, 11) is 1.48. The monoisotopic (exact) mass is 442 g/mol. The van der Waals surface area contributed by atoms with Gasteiger partial charge in [-0.25, -0.2) is 23.7 Å². The number of methoxy groups -OCH3 is 1. The molecule has 2 aliphatic rings. The quantitative estimate of drug-likeness (QED) is 0.606. The molecule has 0 N–H and O–H groups in total. The Morgan fingerprint density at radius 1 is 1.22 bits per heavy atom. The number of aromatic nitrogens is 4. The normalized spacial score (nSPS) is 18.9. The first-order valence-electron chi connectivity index (χ1n) is 10.4. The Kier molecular flexibility index (Phi) is 5.48. The van der Waals surface area contributed by atoms with E-state index in [2.05, 4.69) is 15.0 Å². The van der Waals surface area contributed by atoms with E-state index in [-0.39, 0.29) is 12.2 Å². The number of pyridine rings is 1. The average Bonchev–Trinajstić information content (AvgIpc) is 3.48. The van der Waals surface area contributed by atoms with E-state index in [9.17, 15) is 9.18 Å². The number of fused-ring (bicyclic) bond motifs is 1. The first-order valence-corrected chi connectivity index (χ1v) is 10.4. The molecule has 2 saturated heterocycles. The molecular formula is C21H23FN6O4. The molecule has 0 saturated carbocycles. The fourth-order valence-electron chi connectivity index (χ4n) is 3.95. The summed E-state index contributed by atoms with van der Waals surface area (Å²) in [6, 6.07) is 3.23. The summed E-state index contributed by atoms with van der Waals surface area (Å²) < 4.78 is 31.5. The summed E-state index contributed by atoms with van der Waals surface area (Å²) in [6.45, 7) is 3.41. The van der Waals surface area contributed by atoms with E-state index in [0.29, 0.717) is 62.0 Å². The van der Waals surface area contributed by atoms with Crippen molar-refractivity contribution in [1.82, 2.24) is 24.5 Å². The number of nitrogens with zero attached hydrogens (tertiary/aromatic N) is 6. The number of hydrogen-bond donors (Lipinski definition) is 0. The van der Waals surface area contributed by atoms with Crippen molar-refractivity contribution in [1.29, 1.82) is 0 Å². The molecule has 11 heteroatoms. The summed E-state index contributed by atoms with van der Waals surface area (Å²) in [5.74, 6) is 0.580. The van der Waals surface area contributed by atoms with Gasteiger partial charge in [0.2, 0.25) is 5.88 Å². The predicted molar refractivity (Wildman–Crippen MR) is 112 cm³/mol. The summed E-state index contributed by atoms with van der Waals surface area (Å²) in [4.78, 5) is 25.0. The Morgan fingerprint density at radius 3 is 2.81 bits per heavy atom. The van der Waals surface area contributed by atoms with Crippen LogP contribution in [0.3, 0.4) is 0 Å². The number of rotatable bonds is 4. The third-order valence-electron chi connectivity index (χ3n) is 5.67. The van der Waals surface area contributed by atoms with E-state index in [4.69, 9.17) is 19.2 Å². The van der Waals surface area contributed by atoms with Gasteiger partial charge >= 0.3 is 6.09 Å². The highest BCUT2D eigenvalue weighted by Crippen LogP contribution is 2.31. The molecule has 32 heavy (non-hydrogen) atoms. The molecule has 2 aliphatic heterocycles. The highest BCUT2D eigenvalue weighted by Gasteiger charge is 2.27. The second-order valence-electron chi connectivity index (χ2n) is 7.67. The molecule has 168 valence electrons. The Labute approximate surface area is 183 Å². The van der Waals surface area contributed by atoms with Crippen molar-refractivity contribution in [3.8, 4) is 17.0 Å². The van der Waals surface area contributed by atoms with Gasteiger partial charge in [0.15, 0.2) is 5.65 Å². The molecule has 1 atom stereocenters. The van der Waals surface area contributed by atoms with Crippen molar-refractivity contribution in [2.75, 3.05) is 51.4 Å². The topological polar surface area (TPSA) is 94.3 Å². The van der Waals surface area contributed by atoms with Crippen LogP contribution in [-0.2, 0) is 9.47 Å². The maximum Gasteiger partial charge on any atom is 0.410 e. The zero-order chi connectivity index (χ0) is 22.1. The minimum absolute atomic E-state index is 0.154. The first-order chi connectivity index (χ1) is 15.6. The van der Waals surface area contributed by atoms with Gasteiger partial charge in [-0.15, -0.1) is 0 Å². The van der Waals surface area contributed by atoms with Gasteiger partial charge in [-0.3, -0.25) is 0 Å². The Hall–Kier alpha value is -3.47. The largest absolute Gasteiger partial charge is 0.481 e. The van der Waals surface area contributed by atoms with E-state index in [1.54, 1.807) is 21.8 Å². The lowest BCUT2D eigenvalue weighted by Gasteiger charge is -2.35. The minimum atomic E-state index is -0.469. The van der Waals surface area contributed by atoms with Crippen molar-refractivity contribution >= 4 is 17.6 Å². The maximum atomic E-state index is 13.9. The van der Waals surface area contributed by atoms with Crippen LogP contribution in [0.15, 0.2) is 30.7 Å². The molecule has 0 radical (unpaired) electrons. The van der Waals surface area contributed by atoms with E-state index in [1.165, 1.54) is 13.2 Å². The van der Waals surface area contributed by atoms with E-state index in [1.807, 2.05) is 6.07 Å². The third-order valence-corrected chi connectivity index (χ3v) is 5.67. The van der Waals surface area contributed by atoms with Crippen LogP contribution in [0.2, 0.25) is 0 Å². The van der Waals surface area contributed by atoms with Crippen LogP contribution in [-0.4, -0.2) is 83.2 Å².